The summed E-state index contributed by atoms with van der Waals surface area (Å²) in [6.45, 7) is -0.507. The molecule has 19 nitrogen and oxygen atoms in total. The molecular formula is C48H83NO18. The summed E-state index contributed by atoms with van der Waals surface area (Å²) in [6.07, 6.45) is -1.86. The number of amides is 1. The van der Waals surface area contributed by atoms with E-state index >= 15 is 0 Å². The van der Waals surface area contributed by atoms with Crippen molar-refractivity contribution in [3.05, 3.63) is 12.2 Å². The third-order valence-electron chi connectivity index (χ3n) is 15.3. The van der Waals surface area contributed by atoms with Gasteiger partial charge in [-0.3, -0.25) is 4.79 Å². The lowest BCUT2D eigenvalue weighted by Gasteiger charge is -2.56. The van der Waals surface area contributed by atoms with Crippen molar-refractivity contribution in [2.75, 3.05) is 26.4 Å². The van der Waals surface area contributed by atoms with Crippen LogP contribution in [-0.4, -0.2) is 193 Å². The number of rotatable bonds is 27. The van der Waals surface area contributed by atoms with E-state index in [1.54, 1.807) is 6.08 Å². The highest BCUT2D eigenvalue weighted by Crippen LogP contribution is 2.61. The van der Waals surface area contributed by atoms with Gasteiger partial charge in [0.2, 0.25) is 5.91 Å². The van der Waals surface area contributed by atoms with E-state index in [-0.39, 0.29) is 17.9 Å². The van der Waals surface area contributed by atoms with Gasteiger partial charge in [-0.2, -0.15) is 0 Å². The molecule has 1 amide bonds. The summed E-state index contributed by atoms with van der Waals surface area (Å²) >= 11 is 0. The Morgan fingerprint density at radius 1 is 0.612 bits per heavy atom. The third kappa shape index (κ3) is 14.4. The molecule has 4 aliphatic carbocycles. The second kappa shape index (κ2) is 26.3. The number of ether oxygens (including phenoxy) is 6. The fourth-order valence-corrected chi connectivity index (χ4v) is 12.0. The molecule has 19 heteroatoms. The number of aliphatic hydroxyl groups is 11. The van der Waals surface area contributed by atoms with E-state index in [2.05, 4.69) is 12.2 Å². The predicted octanol–water partition coefficient (Wildman–Crippen LogP) is 0.161. The molecule has 3 heterocycles. The maximum absolute atomic E-state index is 13.8. The Bertz CT molecular complexity index is 1450. The van der Waals surface area contributed by atoms with Crippen LogP contribution in [0, 0.1) is 23.2 Å². The maximum Gasteiger partial charge on any atom is 0.220 e. The first-order chi connectivity index (χ1) is 32.2. The number of hydrogen-bond donors (Lipinski definition) is 12. The molecule has 0 radical (unpaired) electrons. The van der Waals surface area contributed by atoms with Gasteiger partial charge in [-0.1, -0.05) is 83.3 Å². The average Bonchev–Trinajstić information content (AvgIpc) is 3.30. The van der Waals surface area contributed by atoms with Crippen LogP contribution in [0.2, 0.25) is 0 Å². The SMILES string of the molecule is CCCCCCCCCCCCCC=C[C@@H](O)[C@H](CO[C@@H]1O[C@H](CO)[C@@H](O[C@@H]2O[C@H](CO)[C@H](O[C@H]3O[C@H](CO)[C@H](O)[C@H](O)[C@H]3O)[C@H](O)[C@H]2O)[C@H](O)[C@H]1O)NC(=O)CC12CC3CC(CC(C3)C1)C2. The molecule has 7 aliphatic rings. The number of unbranched alkanes of at least 4 members (excludes halogenated alkanes) is 11. The number of hydrogen-bond acceptors (Lipinski definition) is 18. The average molecular weight is 962 g/mol. The molecule has 0 aromatic carbocycles. The van der Waals surface area contributed by atoms with E-state index in [1.807, 2.05) is 6.08 Å². The minimum absolute atomic E-state index is 0.0582. The lowest BCUT2D eigenvalue weighted by molar-refractivity contribution is -0.379. The van der Waals surface area contributed by atoms with Crippen LogP contribution >= 0.6 is 0 Å². The summed E-state index contributed by atoms with van der Waals surface area (Å²) in [5.41, 5.74) is -0.0582. The highest BCUT2D eigenvalue weighted by atomic mass is 16.8. The fraction of sp³-hybridized carbons (Fsp3) is 0.938. The Morgan fingerprint density at radius 3 is 1.57 bits per heavy atom. The zero-order valence-corrected chi connectivity index (χ0v) is 39.2. The van der Waals surface area contributed by atoms with Crippen molar-refractivity contribution in [3.8, 4) is 0 Å². The largest absolute Gasteiger partial charge is 0.394 e. The summed E-state index contributed by atoms with van der Waals surface area (Å²) in [5, 5.41) is 120. The zero-order valence-electron chi connectivity index (χ0n) is 39.2. The van der Waals surface area contributed by atoms with Gasteiger partial charge >= 0.3 is 0 Å². The van der Waals surface area contributed by atoms with Crippen molar-refractivity contribution in [3.63, 3.8) is 0 Å². The third-order valence-corrected chi connectivity index (χ3v) is 15.3. The zero-order chi connectivity index (χ0) is 48.3. The van der Waals surface area contributed by atoms with E-state index < -0.39 is 124 Å². The summed E-state index contributed by atoms with van der Waals surface area (Å²) in [4.78, 5) is 13.8. The first kappa shape index (κ1) is 54.9. The maximum atomic E-state index is 13.8. The molecule has 3 saturated heterocycles. The molecule has 0 aromatic rings. The van der Waals surface area contributed by atoms with Gasteiger partial charge in [0.05, 0.1) is 38.6 Å². The minimum atomic E-state index is -1.97. The standard InChI is InChI=1S/C48H83NO18/c1-2-3-4-5-6-7-8-9-10-11-12-13-14-15-31(53)30(49-35(54)22-48-19-27-16-28(20-48)18-29(17-27)21-48)26-62-45-41(60)38(57)43(33(24-51)64-45)67-47-42(61)39(58)44(34(25-52)65-47)66-46-40(59)37(56)36(55)32(23-50)63-46/h14-15,27-34,36-47,50-53,55-61H,2-13,16-26H2,1H3,(H,49,54)/t27?,28?,29?,30-,31+,32+,33+,34+,36-,37-,38+,39+,40+,41+,42+,43+,44-,45+,46+,47-,48?/m0/s1. The highest BCUT2D eigenvalue weighted by molar-refractivity contribution is 5.77. The fourth-order valence-electron chi connectivity index (χ4n) is 12.0. The van der Waals surface area contributed by atoms with Crippen LogP contribution in [0.15, 0.2) is 12.2 Å². The van der Waals surface area contributed by atoms with Crippen molar-refractivity contribution >= 4 is 5.91 Å². The molecule has 4 bridgehead atoms. The van der Waals surface area contributed by atoms with Gasteiger partial charge < -0.3 is 89.9 Å². The van der Waals surface area contributed by atoms with E-state index in [4.69, 9.17) is 28.4 Å². The van der Waals surface area contributed by atoms with Gasteiger partial charge in [0.15, 0.2) is 18.9 Å². The van der Waals surface area contributed by atoms with Crippen LogP contribution in [0.3, 0.4) is 0 Å². The van der Waals surface area contributed by atoms with Gasteiger partial charge in [0, 0.05) is 6.42 Å². The monoisotopic (exact) mass is 962 g/mol. The topological polar surface area (TPSA) is 307 Å². The molecule has 0 unspecified atom stereocenters. The van der Waals surface area contributed by atoms with Crippen LogP contribution in [-0.2, 0) is 33.2 Å². The molecule has 0 spiro atoms. The van der Waals surface area contributed by atoms with Crippen molar-refractivity contribution in [2.24, 2.45) is 23.2 Å². The highest BCUT2D eigenvalue weighted by Gasteiger charge is 2.55. The van der Waals surface area contributed by atoms with Gasteiger partial charge in [-0.15, -0.1) is 0 Å². The molecule has 388 valence electrons. The second-order valence-electron chi connectivity index (χ2n) is 20.7. The molecule has 7 fully saturated rings. The molecule has 12 N–H and O–H groups in total. The first-order valence-electron chi connectivity index (χ1n) is 25.3. The van der Waals surface area contributed by atoms with Gasteiger partial charge in [-0.05, 0) is 74.5 Å². The quantitative estimate of drug-likeness (QED) is 0.0386. The van der Waals surface area contributed by atoms with E-state index in [1.165, 1.54) is 70.6 Å². The van der Waals surface area contributed by atoms with Crippen molar-refractivity contribution < 1.29 is 89.4 Å². The number of carbonyl (C=O) groups is 1. The molecule has 67 heavy (non-hydrogen) atoms. The molecular weight excluding hydrogens is 879 g/mol. The van der Waals surface area contributed by atoms with Crippen LogP contribution in [0.1, 0.15) is 129 Å². The lowest BCUT2D eigenvalue weighted by atomic mass is 9.49. The Labute approximate surface area is 394 Å². The number of allylic oxidation sites excluding steroid dienone is 1. The second-order valence-corrected chi connectivity index (χ2v) is 20.7. The van der Waals surface area contributed by atoms with Crippen LogP contribution < -0.4 is 5.32 Å². The normalized spacial score (nSPS) is 41.7. The van der Waals surface area contributed by atoms with Crippen LogP contribution in [0.25, 0.3) is 0 Å². The van der Waals surface area contributed by atoms with E-state index in [0.717, 1.165) is 44.9 Å². The summed E-state index contributed by atoms with van der Waals surface area (Å²) in [5.74, 6) is 1.75. The number of carbonyl (C=O) groups excluding carboxylic acids is 1. The van der Waals surface area contributed by atoms with Crippen molar-refractivity contribution in [2.45, 2.75) is 233 Å². The summed E-state index contributed by atoms with van der Waals surface area (Å²) in [7, 11) is 0. The lowest BCUT2D eigenvalue weighted by Crippen LogP contribution is -2.66. The Balaban J connectivity index is 1.03. The summed E-state index contributed by atoms with van der Waals surface area (Å²) < 4.78 is 34.3. The van der Waals surface area contributed by atoms with E-state index in [0.29, 0.717) is 24.2 Å². The van der Waals surface area contributed by atoms with Gasteiger partial charge in [0.1, 0.15) is 73.2 Å². The Hall–Kier alpha value is -1.47. The van der Waals surface area contributed by atoms with Crippen molar-refractivity contribution in [1.29, 1.82) is 0 Å². The van der Waals surface area contributed by atoms with Crippen LogP contribution in [0.5, 0.6) is 0 Å². The molecule has 3 aliphatic heterocycles. The molecule has 7 rings (SSSR count). The molecule has 0 aromatic heterocycles. The number of nitrogens with one attached hydrogen (secondary N) is 1. The van der Waals surface area contributed by atoms with Crippen LogP contribution in [0.4, 0.5) is 0 Å². The van der Waals surface area contributed by atoms with Crippen molar-refractivity contribution in [1.82, 2.24) is 5.32 Å². The first-order valence-corrected chi connectivity index (χ1v) is 25.3. The molecule has 17 atom stereocenters. The smallest absolute Gasteiger partial charge is 0.220 e. The summed E-state index contributed by atoms with van der Waals surface area (Å²) in [6, 6.07) is -0.953. The van der Waals surface area contributed by atoms with E-state index in [9.17, 15) is 61.0 Å². The predicted molar refractivity (Wildman–Crippen MR) is 238 cm³/mol. The Morgan fingerprint density at radius 2 is 1.06 bits per heavy atom. The van der Waals surface area contributed by atoms with Gasteiger partial charge in [-0.25, -0.2) is 0 Å². The number of aliphatic hydroxyl groups excluding tert-OH is 11. The molecule has 4 saturated carbocycles. The van der Waals surface area contributed by atoms with Gasteiger partial charge in [0.25, 0.3) is 0 Å². The Kier molecular flexibility index (Phi) is 21.5. The minimum Gasteiger partial charge on any atom is -0.394 e.